The lowest BCUT2D eigenvalue weighted by molar-refractivity contribution is 0.269. The van der Waals surface area contributed by atoms with E-state index in [9.17, 15) is 0 Å². The molecule has 0 amide bonds. The van der Waals surface area contributed by atoms with E-state index >= 15 is 0 Å². The Morgan fingerprint density at radius 3 is 1.00 bits per heavy atom. The lowest BCUT2D eigenvalue weighted by Crippen LogP contribution is -2.32. The number of hydrogen-bond donors (Lipinski definition) is 0. The molecule has 0 aromatic rings. The molecule has 0 aliphatic heterocycles. The molecule has 0 radical (unpaired) electrons. The molecule has 0 spiro atoms. The second-order valence-corrected chi connectivity index (χ2v) is 12.5. The molecule has 0 bridgehead atoms. The number of unbranched alkanes of at least 4 members (excludes halogenated alkanes) is 18. The van der Waals surface area contributed by atoms with Gasteiger partial charge in [-0.3, -0.25) is 0 Å². The van der Waals surface area contributed by atoms with Gasteiger partial charge in [-0.25, -0.2) is 0 Å². The van der Waals surface area contributed by atoms with Gasteiger partial charge in [0, 0.05) is 0 Å². The van der Waals surface area contributed by atoms with Gasteiger partial charge in [-0.05, 0) is 36.8 Å². The Morgan fingerprint density at radius 2 is 0.676 bits per heavy atom. The van der Waals surface area contributed by atoms with Crippen LogP contribution in [0.2, 0.25) is 0 Å². The fourth-order valence-corrected chi connectivity index (χ4v) is 6.45. The summed E-state index contributed by atoms with van der Waals surface area (Å²) in [4.78, 5) is 0. The third-order valence-corrected chi connectivity index (χ3v) is 9.17. The van der Waals surface area contributed by atoms with Crippen molar-refractivity contribution < 1.29 is 0 Å². The second kappa shape index (κ2) is 28.7. The molecule has 0 nitrogen and oxygen atoms in total. The molecule has 0 N–H and O–H groups in total. The van der Waals surface area contributed by atoms with Crippen LogP contribution in [-0.4, -0.2) is 5.16 Å². The summed E-state index contributed by atoms with van der Waals surface area (Å²) in [5, 5.41) is 0.519. The van der Waals surface area contributed by atoms with Crippen molar-refractivity contribution >= 4 is 33.2 Å². The van der Waals surface area contributed by atoms with Gasteiger partial charge in [-0.15, -0.1) is 33.2 Å². The summed E-state index contributed by atoms with van der Waals surface area (Å²) < 4.78 is 0. The second-order valence-electron chi connectivity index (χ2n) is 11.4. The first-order valence-electron chi connectivity index (χ1n) is 15.9. The highest BCUT2D eigenvalue weighted by atomic mass is 127. The van der Waals surface area contributed by atoms with Crippen molar-refractivity contribution in [2.24, 2.45) is 5.92 Å². The Kier molecular flexibility index (Phi) is 31.5. The van der Waals surface area contributed by atoms with Crippen LogP contribution in [0.1, 0.15) is 195 Å². The molecule has 0 rings (SSSR count). The normalized spacial score (nSPS) is 12.6. The van der Waals surface area contributed by atoms with E-state index in [1.807, 2.05) is 0 Å². The molecule has 2 heteroatoms. The number of halogens is 1. The summed E-state index contributed by atoms with van der Waals surface area (Å²) in [5.74, 6) is 0.942. The molecule has 34 heavy (non-hydrogen) atoms. The van der Waals surface area contributed by atoms with Crippen LogP contribution in [-0.2, 0) is 0 Å². The average molecular weight is 611 g/mol. The van der Waals surface area contributed by atoms with Crippen LogP contribution < -0.4 is 0 Å². The molecule has 0 aliphatic rings. The Morgan fingerprint density at radius 1 is 0.412 bits per heavy atom. The first-order valence-corrected chi connectivity index (χ1v) is 16.5. The van der Waals surface area contributed by atoms with Crippen molar-refractivity contribution in [3.8, 4) is 0 Å². The van der Waals surface area contributed by atoms with Crippen LogP contribution in [0.25, 0.3) is 0 Å². The van der Waals surface area contributed by atoms with Crippen molar-refractivity contribution in [3.05, 3.63) is 0 Å². The van der Waals surface area contributed by atoms with Gasteiger partial charge in [0.15, 0.2) is 0 Å². The van der Waals surface area contributed by atoms with Gasteiger partial charge in [-0.1, -0.05) is 169 Å². The molecule has 2 atom stereocenters. The van der Waals surface area contributed by atoms with E-state index in [2.05, 4.69) is 36.9 Å². The fourth-order valence-electron chi connectivity index (χ4n) is 5.71. The van der Waals surface area contributed by atoms with E-state index in [4.69, 9.17) is 0 Å². The third-order valence-electron chi connectivity index (χ3n) is 8.12. The Bertz CT molecular complexity index is 356. The first-order chi connectivity index (χ1) is 16.1. The van der Waals surface area contributed by atoms with E-state index in [0.29, 0.717) is 5.16 Å². The minimum atomic E-state index is 0. The van der Waals surface area contributed by atoms with E-state index in [1.54, 1.807) is 0 Å². The van der Waals surface area contributed by atoms with Gasteiger partial charge in [-0.2, -0.15) is 0 Å². The molecule has 0 aliphatic carbocycles. The molecule has 0 saturated carbocycles. The van der Waals surface area contributed by atoms with Gasteiger partial charge >= 0.3 is 0 Å². The van der Waals surface area contributed by atoms with E-state index in [-0.39, 0.29) is 24.0 Å². The summed E-state index contributed by atoms with van der Waals surface area (Å²) in [7, 11) is 3.50. The van der Waals surface area contributed by atoms with Crippen molar-refractivity contribution in [3.63, 3.8) is 0 Å². The SMILES string of the molecule is CCCCCCCCCC(CCCCCCC)C(P)(CCCCCCC)CCCCCCC.I. The Balaban J connectivity index is 0. The summed E-state index contributed by atoms with van der Waals surface area (Å²) in [5.41, 5.74) is 0. The highest BCUT2D eigenvalue weighted by Gasteiger charge is 2.32. The van der Waals surface area contributed by atoms with Crippen LogP contribution in [0.4, 0.5) is 0 Å². The molecule has 0 aromatic carbocycles. The van der Waals surface area contributed by atoms with Gasteiger partial charge in [0.05, 0.1) is 0 Å². The van der Waals surface area contributed by atoms with Crippen LogP contribution in [0.15, 0.2) is 0 Å². The van der Waals surface area contributed by atoms with Gasteiger partial charge in [0.2, 0.25) is 0 Å². The molecule has 208 valence electrons. The topological polar surface area (TPSA) is 0 Å². The summed E-state index contributed by atoms with van der Waals surface area (Å²) in [6, 6.07) is 0. The molecule has 0 aromatic heterocycles. The zero-order valence-electron chi connectivity index (χ0n) is 24.4. The molecule has 0 saturated heterocycles. The lowest BCUT2D eigenvalue weighted by Gasteiger charge is -2.39. The van der Waals surface area contributed by atoms with Crippen molar-refractivity contribution in [1.82, 2.24) is 0 Å². The molecule has 0 heterocycles. The number of rotatable bonds is 27. The molecule has 0 fully saturated rings. The fraction of sp³-hybridized carbons (Fsp3) is 1.00. The lowest BCUT2D eigenvalue weighted by atomic mass is 9.77. The highest BCUT2D eigenvalue weighted by molar-refractivity contribution is 14.0. The van der Waals surface area contributed by atoms with Gasteiger partial charge < -0.3 is 0 Å². The zero-order chi connectivity index (χ0) is 24.5. The van der Waals surface area contributed by atoms with Crippen LogP contribution in [0.5, 0.6) is 0 Å². The van der Waals surface area contributed by atoms with E-state index < -0.39 is 0 Å². The predicted octanol–water partition coefficient (Wildman–Crippen LogP) is 13.1. The monoisotopic (exact) mass is 610 g/mol. The maximum Gasteiger partial charge on any atom is -0.0122 e. The maximum absolute atomic E-state index is 3.50. The number of hydrogen-bond acceptors (Lipinski definition) is 0. The Hall–Kier alpha value is 1.16. The largest absolute Gasteiger partial charge is 0.131 e. The Labute approximate surface area is 238 Å². The summed E-state index contributed by atoms with van der Waals surface area (Å²) in [6.45, 7) is 9.35. The van der Waals surface area contributed by atoms with E-state index in [0.717, 1.165) is 5.92 Å². The van der Waals surface area contributed by atoms with E-state index in [1.165, 1.54) is 167 Å². The van der Waals surface area contributed by atoms with Crippen LogP contribution in [0, 0.1) is 5.92 Å². The average Bonchev–Trinajstić information content (AvgIpc) is 2.81. The summed E-state index contributed by atoms with van der Waals surface area (Å²) in [6.07, 6.45) is 37.6. The van der Waals surface area contributed by atoms with Crippen LogP contribution in [0.3, 0.4) is 0 Å². The van der Waals surface area contributed by atoms with Gasteiger partial charge in [0.1, 0.15) is 0 Å². The van der Waals surface area contributed by atoms with Gasteiger partial charge in [0.25, 0.3) is 0 Å². The minimum Gasteiger partial charge on any atom is -0.131 e. The van der Waals surface area contributed by atoms with Crippen molar-refractivity contribution in [1.29, 1.82) is 0 Å². The molecular weight excluding hydrogens is 542 g/mol. The van der Waals surface area contributed by atoms with Crippen LogP contribution >= 0.6 is 33.2 Å². The standard InChI is InChI=1S/C32H67P.HI/c1-5-9-13-17-18-20-24-28-31(27-23-19-14-10-6-2)32(33,29-25-21-15-11-7-3)30-26-22-16-12-8-4;/h31H,5-30,33H2,1-4H3;1H. The zero-order valence-corrected chi connectivity index (χ0v) is 27.9. The quantitative estimate of drug-likeness (QED) is 0.0493. The first kappa shape index (κ1) is 37.3. The van der Waals surface area contributed by atoms with Crippen molar-refractivity contribution in [2.75, 3.05) is 0 Å². The predicted molar refractivity (Wildman–Crippen MR) is 174 cm³/mol. The highest BCUT2D eigenvalue weighted by Crippen LogP contribution is 2.44. The van der Waals surface area contributed by atoms with Crippen molar-refractivity contribution in [2.45, 2.75) is 200 Å². The summed E-state index contributed by atoms with van der Waals surface area (Å²) >= 11 is 0. The smallest absolute Gasteiger partial charge is 0.0122 e. The maximum atomic E-state index is 3.50. The molecular formula is C32H68IP. The third kappa shape index (κ3) is 22.4. The molecule has 2 unspecified atom stereocenters. The minimum absolute atomic E-state index is 0.